The largest absolute Gasteiger partial charge is 0.491 e. The topological polar surface area (TPSA) is 65.1 Å². The molecule has 1 aliphatic rings. The van der Waals surface area contributed by atoms with Gasteiger partial charge in [-0.3, -0.25) is 0 Å². The second-order valence-corrected chi connectivity index (χ2v) is 7.73. The van der Waals surface area contributed by atoms with Gasteiger partial charge in [0.05, 0.1) is 24.2 Å². The molecule has 7 heteroatoms. The van der Waals surface area contributed by atoms with Crippen molar-refractivity contribution in [3.05, 3.63) is 23.8 Å². The van der Waals surface area contributed by atoms with Crippen molar-refractivity contribution in [2.24, 2.45) is 0 Å². The van der Waals surface area contributed by atoms with Crippen LogP contribution in [0.3, 0.4) is 0 Å². The molecule has 0 saturated carbocycles. The quantitative estimate of drug-likeness (QED) is 0.737. The van der Waals surface area contributed by atoms with Gasteiger partial charge in [-0.05, 0) is 44.5 Å². The fraction of sp³-hybridized carbons (Fsp3) is 0.625. The Hall–Kier alpha value is -1.15. The minimum Gasteiger partial charge on any atom is -0.491 e. The molecule has 0 radical (unpaired) electrons. The molecule has 0 spiro atoms. The summed E-state index contributed by atoms with van der Waals surface area (Å²) in [6, 6.07) is 4.78. The molecule has 0 amide bonds. The maximum Gasteiger partial charge on any atom is 0.243 e. The van der Waals surface area contributed by atoms with Gasteiger partial charge >= 0.3 is 0 Å². The molecular formula is C16H25NO5S. The van der Waals surface area contributed by atoms with Crippen molar-refractivity contribution in [1.82, 2.24) is 4.31 Å². The van der Waals surface area contributed by atoms with Gasteiger partial charge in [0.1, 0.15) is 12.4 Å². The highest BCUT2D eigenvalue weighted by atomic mass is 32.2. The Bertz CT molecular complexity index is 631. The van der Waals surface area contributed by atoms with Gasteiger partial charge in [0.15, 0.2) is 0 Å². The minimum absolute atomic E-state index is 0.0984. The van der Waals surface area contributed by atoms with E-state index in [1.54, 1.807) is 25.3 Å². The van der Waals surface area contributed by atoms with Gasteiger partial charge in [-0.1, -0.05) is 0 Å². The molecule has 1 aromatic rings. The number of morpholine rings is 1. The molecule has 2 rings (SSSR count). The number of sulfonamides is 1. The maximum atomic E-state index is 12.9. The van der Waals surface area contributed by atoms with E-state index in [0.29, 0.717) is 32.1 Å². The first-order chi connectivity index (χ1) is 10.9. The van der Waals surface area contributed by atoms with Crippen LogP contribution in [-0.2, 0) is 19.5 Å². The van der Waals surface area contributed by atoms with Crippen molar-refractivity contribution in [3.63, 3.8) is 0 Å². The van der Waals surface area contributed by atoms with Crippen molar-refractivity contribution in [2.75, 3.05) is 33.5 Å². The zero-order valence-corrected chi connectivity index (χ0v) is 14.9. The van der Waals surface area contributed by atoms with Crippen LogP contribution >= 0.6 is 0 Å². The Kier molecular flexibility index (Phi) is 6.02. The molecule has 6 nitrogen and oxygen atoms in total. The fourth-order valence-corrected chi connectivity index (χ4v) is 4.30. The van der Waals surface area contributed by atoms with Crippen LogP contribution in [0.15, 0.2) is 23.1 Å². The van der Waals surface area contributed by atoms with E-state index in [-0.39, 0.29) is 17.0 Å². The lowest BCUT2D eigenvalue weighted by Crippen LogP contribution is -2.50. The molecule has 2 atom stereocenters. The molecule has 1 aromatic carbocycles. The van der Waals surface area contributed by atoms with Crippen molar-refractivity contribution in [3.8, 4) is 5.75 Å². The summed E-state index contributed by atoms with van der Waals surface area (Å²) >= 11 is 0. The highest BCUT2D eigenvalue weighted by Crippen LogP contribution is 2.26. The smallest absolute Gasteiger partial charge is 0.243 e. The van der Waals surface area contributed by atoms with Crippen molar-refractivity contribution in [1.29, 1.82) is 0 Å². The van der Waals surface area contributed by atoms with E-state index >= 15 is 0 Å². The summed E-state index contributed by atoms with van der Waals surface area (Å²) < 4.78 is 43.3. The van der Waals surface area contributed by atoms with Gasteiger partial charge in [-0.15, -0.1) is 0 Å². The van der Waals surface area contributed by atoms with E-state index in [1.807, 2.05) is 20.8 Å². The summed E-state index contributed by atoms with van der Waals surface area (Å²) in [6.07, 6.45) is -0.0984. The van der Waals surface area contributed by atoms with Gasteiger partial charge in [0.25, 0.3) is 0 Å². The first-order valence-electron chi connectivity index (χ1n) is 7.72. The lowest BCUT2D eigenvalue weighted by atomic mass is 10.2. The summed E-state index contributed by atoms with van der Waals surface area (Å²) in [4.78, 5) is 0.287. The number of rotatable bonds is 6. The fourth-order valence-electron chi connectivity index (χ4n) is 2.52. The molecule has 0 aromatic heterocycles. The predicted octanol–water partition coefficient (Wildman–Crippen LogP) is 1.82. The summed E-state index contributed by atoms with van der Waals surface area (Å²) in [6.45, 7) is 7.29. The molecule has 1 heterocycles. The van der Waals surface area contributed by atoms with Crippen molar-refractivity contribution >= 4 is 10.0 Å². The van der Waals surface area contributed by atoms with Crippen molar-refractivity contribution in [2.45, 2.75) is 37.8 Å². The zero-order valence-electron chi connectivity index (χ0n) is 14.1. The van der Waals surface area contributed by atoms with E-state index in [1.165, 1.54) is 4.31 Å². The van der Waals surface area contributed by atoms with Crippen LogP contribution in [0.1, 0.15) is 19.4 Å². The van der Waals surface area contributed by atoms with Gasteiger partial charge in [0.2, 0.25) is 10.0 Å². The number of hydrogen-bond acceptors (Lipinski definition) is 5. The lowest BCUT2D eigenvalue weighted by Gasteiger charge is -2.35. The van der Waals surface area contributed by atoms with Gasteiger partial charge in [-0.25, -0.2) is 8.42 Å². The first-order valence-corrected chi connectivity index (χ1v) is 9.16. The van der Waals surface area contributed by atoms with Crippen LogP contribution in [-0.4, -0.2) is 58.3 Å². The zero-order chi connectivity index (χ0) is 17.0. The maximum absolute atomic E-state index is 12.9. The molecule has 0 aliphatic carbocycles. The first kappa shape index (κ1) is 18.2. The highest BCUT2D eigenvalue weighted by molar-refractivity contribution is 7.89. The Balaban J connectivity index is 2.21. The lowest BCUT2D eigenvalue weighted by molar-refractivity contribution is -0.0170. The highest BCUT2D eigenvalue weighted by Gasteiger charge is 2.34. The Labute approximate surface area is 138 Å². The Morgan fingerprint density at radius 1 is 1.30 bits per heavy atom. The number of aryl methyl sites for hydroxylation is 1. The molecule has 2 unspecified atom stereocenters. The average molecular weight is 343 g/mol. The monoisotopic (exact) mass is 343 g/mol. The molecule has 130 valence electrons. The van der Waals surface area contributed by atoms with E-state index in [9.17, 15) is 8.42 Å². The summed E-state index contributed by atoms with van der Waals surface area (Å²) in [7, 11) is -1.93. The minimum atomic E-state index is -3.54. The van der Waals surface area contributed by atoms with E-state index in [4.69, 9.17) is 14.2 Å². The number of benzene rings is 1. The molecular weight excluding hydrogens is 318 g/mol. The second kappa shape index (κ2) is 7.61. The summed E-state index contributed by atoms with van der Waals surface area (Å²) in [5.74, 6) is 0.671. The van der Waals surface area contributed by atoms with E-state index in [2.05, 4.69) is 0 Å². The number of methoxy groups -OCH3 is 1. The third-order valence-electron chi connectivity index (χ3n) is 3.85. The predicted molar refractivity (Wildman–Crippen MR) is 87.3 cm³/mol. The Morgan fingerprint density at radius 2 is 2.04 bits per heavy atom. The normalized spacial score (nSPS) is 23.0. The number of hydrogen-bond donors (Lipinski definition) is 0. The van der Waals surface area contributed by atoms with Gasteiger partial charge in [0, 0.05) is 19.7 Å². The SMILES string of the molecule is COCCOc1ccc(S(=O)(=O)N2CC(C)OCC2C)cc1C. The third kappa shape index (κ3) is 4.23. The van der Waals surface area contributed by atoms with Crippen LogP contribution in [0.4, 0.5) is 0 Å². The molecule has 23 heavy (non-hydrogen) atoms. The van der Waals surface area contributed by atoms with E-state index < -0.39 is 10.0 Å². The van der Waals surface area contributed by atoms with Gasteiger partial charge < -0.3 is 14.2 Å². The molecule has 0 bridgehead atoms. The number of nitrogens with zero attached hydrogens (tertiary/aromatic N) is 1. The van der Waals surface area contributed by atoms with Crippen molar-refractivity contribution < 1.29 is 22.6 Å². The molecule has 0 N–H and O–H groups in total. The summed E-state index contributed by atoms with van der Waals surface area (Å²) in [5.41, 5.74) is 0.788. The van der Waals surface area contributed by atoms with Crippen LogP contribution in [0.2, 0.25) is 0 Å². The average Bonchev–Trinajstić information content (AvgIpc) is 2.51. The van der Waals surface area contributed by atoms with Crippen LogP contribution < -0.4 is 4.74 Å². The number of ether oxygens (including phenoxy) is 3. The van der Waals surface area contributed by atoms with E-state index in [0.717, 1.165) is 5.56 Å². The Morgan fingerprint density at radius 3 is 2.70 bits per heavy atom. The van der Waals surface area contributed by atoms with Crippen LogP contribution in [0, 0.1) is 6.92 Å². The van der Waals surface area contributed by atoms with Gasteiger partial charge in [-0.2, -0.15) is 4.31 Å². The molecule has 1 aliphatic heterocycles. The van der Waals surface area contributed by atoms with Crippen LogP contribution in [0.25, 0.3) is 0 Å². The second-order valence-electron chi connectivity index (χ2n) is 5.84. The summed E-state index contributed by atoms with van der Waals surface area (Å²) in [5, 5.41) is 0. The third-order valence-corrected chi connectivity index (χ3v) is 5.82. The molecule has 1 fully saturated rings. The van der Waals surface area contributed by atoms with Crippen LogP contribution in [0.5, 0.6) is 5.75 Å². The standard InChI is InChI=1S/C16H25NO5S/c1-12-9-15(5-6-16(12)21-8-7-20-4)23(18,19)17-10-14(3)22-11-13(17)2/h5-6,9,13-14H,7-8,10-11H2,1-4H3. The molecule has 1 saturated heterocycles.